The Balaban J connectivity index is 1.90. The van der Waals surface area contributed by atoms with Gasteiger partial charge in [0.1, 0.15) is 5.75 Å². The number of amides is 1. The largest absolute Gasteiger partial charge is 0.493 e. The van der Waals surface area contributed by atoms with Crippen molar-refractivity contribution in [3.05, 3.63) is 52.1 Å². The van der Waals surface area contributed by atoms with Crippen molar-refractivity contribution < 1.29 is 14.3 Å². The second-order valence-corrected chi connectivity index (χ2v) is 12.0. The van der Waals surface area contributed by atoms with Crippen LogP contribution in [-0.2, 0) is 16.0 Å². The van der Waals surface area contributed by atoms with Crippen LogP contribution in [0.1, 0.15) is 57.4 Å². The molecule has 0 fully saturated rings. The molecule has 0 spiro atoms. The summed E-state index contributed by atoms with van der Waals surface area (Å²) in [6.07, 6.45) is 1.43. The summed E-state index contributed by atoms with van der Waals surface area (Å²) in [5.74, 6) is -0.0760. The summed E-state index contributed by atoms with van der Waals surface area (Å²) in [6, 6.07) is 8.17. The molecule has 2 aromatic heterocycles. The first kappa shape index (κ1) is 26.2. The molecule has 0 unspecified atom stereocenters. The maximum atomic E-state index is 13.0. The summed E-state index contributed by atoms with van der Waals surface area (Å²) in [7, 11) is 2.02. The van der Waals surface area contributed by atoms with Gasteiger partial charge in [-0.1, -0.05) is 11.3 Å². The van der Waals surface area contributed by atoms with Crippen molar-refractivity contribution >= 4 is 43.5 Å². The number of fused-ring (bicyclic) bond motifs is 1. The van der Waals surface area contributed by atoms with Crippen LogP contribution in [0, 0.1) is 11.8 Å². The zero-order valence-corrected chi connectivity index (χ0v) is 23.6. The van der Waals surface area contributed by atoms with Gasteiger partial charge in [0.25, 0.3) is 0 Å². The summed E-state index contributed by atoms with van der Waals surface area (Å²) in [4.78, 5) is 36.5. The molecular formula is C29H32N4O4S. The Morgan fingerprint density at radius 1 is 1.24 bits per heavy atom. The van der Waals surface area contributed by atoms with E-state index < -0.39 is 17.6 Å². The smallest absolute Gasteiger partial charge is 0.319 e. The third kappa shape index (κ3) is 4.54. The summed E-state index contributed by atoms with van der Waals surface area (Å²) in [5.41, 5.74) is 5.08. The summed E-state index contributed by atoms with van der Waals surface area (Å²) in [5, 5.41) is 4.63. The second-order valence-electron chi connectivity index (χ2n) is 11.0. The lowest BCUT2D eigenvalue weighted by Crippen LogP contribution is -2.27. The van der Waals surface area contributed by atoms with Gasteiger partial charge in [0, 0.05) is 53.0 Å². The van der Waals surface area contributed by atoms with Crippen LogP contribution >= 0.6 is 11.3 Å². The van der Waals surface area contributed by atoms with Gasteiger partial charge in [0.15, 0.2) is 11.2 Å². The molecule has 0 N–H and O–H groups in total. The molecule has 9 heteroatoms. The SMILES string of the molecule is Cc1cc2nc(N(C)C(C)C)sc2c(-c2ccc3c4c(ccnc24)CCO3)c1[C@H](OC(C)(C)C)C(=O)N=O. The minimum atomic E-state index is -1.18. The lowest BCUT2D eigenvalue weighted by molar-refractivity contribution is -0.139. The lowest BCUT2D eigenvalue weighted by atomic mass is 9.88. The molecule has 1 amide bonds. The van der Waals surface area contributed by atoms with E-state index in [0.717, 1.165) is 55.1 Å². The zero-order chi connectivity index (χ0) is 27.4. The van der Waals surface area contributed by atoms with E-state index in [9.17, 15) is 9.70 Å². The molecule has 1 aliphatic heterocycles. The van der Waals surface area contributed by atoms with E-state index in [-0.39, 0.29) is 6.04 Å². The van der Waals surface area contributed by atoms with Gasteiger partial charge in [-0.3, -0.25) is 9.78 Å². The number of benzene rings is 2. The van der Waals surface area contributed by atoms with E-state index >= 15 is 0 Å². The van der Waals surface area contributed by atoms with Gasteiger partial charge in [-0.05, 0) is 76.9 Å². The maximum absolute atomic E-state index is 13.0. The number of rotatable bonds is 6. The van der Waals surface area contributed by atoms with E-state index in [4.69, 9.17) is 19.4 Å². The van der Waals surface area contributed by atoms with Crippen LogP contribution in [0.3, 0.4) is 0 Å². The molecule has 1 atom stereocenters. The number of carbonyl (C=O) groups excluding carboxylic acids is 1. The third-order valence-electron chi connectivity index (χ3n) is 6.88. The standard InChI is InChI=1S/C29H32N4O4S/c1-15(2)33(7)28-31-19-14-16(3)21(25(27(34)32-35)37-29(4,5)6)23(26(19)38-28)18-8-9-20-22-17(11-13-36-20)10-12-30-24(18)22/h8-10,12,14-15,25H,11,13H2,1-7H3/t25-/m0/s1. The Labute approximate surface area is 226 Å². The number of anilines is 1. The van der Waals surface area contributed by atoms with E-state index in [1.165, 1.54) is 5.56 Å². The number of nitroso groups, excluding NO2 is 1. The first-order chi connectivity index (χ1) is 18.0. The van der Waals surface area contributed by atoms with E-state index in [1.807, 2.05) is 65.2 Å². The van der Waals surface area contributed by atoms with Crippen LogP contribution < -0.4 is 9.64 Å². The minimum Gasteiger partial charge on any atom is -0.493 e. The zero-order valence-electron chi connectivity index (χ0n) is 22.8. The number of carbonyl (C=O) groups is 1. The predicted molar refractivity (Wildman–Crippen MR) is 152 cm³/mol. The monoisotopic (exact) mass is 532 g/mol. The Bertz CT molecular complexity index is 1560. The van der Waals surface area contributed by atoms with Crippen LogP contribution in [0.2, 0.25) is 0 Å². The van der Waals surface area contributed by atoms with Gasteiger partial charge in [-0.25, -0.2) is 4.98 Å². The van der Waals surface area contributed by atoms with Crippen molar-refractivity contribution in [3.8, 4) is 16.9 Å². The lowest BCUT2D eigenvalue weighted by Gasteiger charge is -2.28. The highest BCUT2D eigenvalue weighted by Crippen LogP contribution is 2.47. The third-order valence-corrected chi connectivity index (χ3v) is 8.06. The molecule has 4 aromatic rings. The number of hydrogen-bond donors (Lipinski definition) is 0. The highest BCUT2D eigenvalue weighted by Gasteiger charge is 2.34. The molecule has 5 rings (SSSR count). The van der Waals surface area contributed by atoms with Crippen molar-refractivity contribution in [1.29, 1.82) is 0 Å². The summed E-state index contributed by atoms with van der Waals surface area (Å²) in [6.45, 7) is 12.3. The van der Waals surface area contributed by atoms with Crippen LogP contribution in [-0.4, -0.2) is 41.2 Å². The average Bonchev–Trinajstić information content (AvgIpc) is 3.29. The molecule has 0 radical (unpaired) electrons. The number of pyridine rings is 1. The molecule has 3 heterocycles. The fraction of sp³-hybridized carbons (Fsp3) is 0.414. The van der Waals surface area contributed by atoms with Gasteiger partial charge in [0.2, 0.25) is 0 Å². The number of ether oxygens (including phenoxy) is 2. The normalized spacial score (nSPS) is 14.1. The fourth-order valence-corrected chi connectivity index (χ4v) is 6.13. The number of hydrogen-bond acceptors (Lipinski definition) is 8. The van der Waals surface area contributed by atoms with Gasteiger partial charge < -0.3 is 14.4 Å². The van der Waals surface area contributed by atoms with Crippen molar-refractivity contribution in [1.82, 2.24) is 9.97 Å². The molecule has 198 valence electrons. The number of thiazole rings is 1. The van der Waals surface area contributed by atoms with Crippen LogP contribution in [0.4, 0.5) is 5.13 Å². The van der Waals surface area contributed by atoms with Gasteiger partial charge in [-0.2, -0.15) is 0 Å². The molecular weight excluding hydrogens is 500 g/mol. The van der Waals surface area contributed by atoms with Crippen molar-refractivity contribution in [2.24, 2.45) is 5.18 Å². The average molecular weight is 533 g/mol. The highest BCUT2D eigenvalue weighted by molar-refractivity contribution is 7.22. The maximum Gasteiger partial charge on any atom is 0.319 e. The van der Waals surface area contributed by atoms with Crippen molar-refractivity contribution in [2.45, 2.75) is 65.7 Å². The Morgan fingerprint density at radius 2 is 2.00 bits per heavy atom. The molecule has 0 aliphatic carbocycles. The molecule has 0 saturated heterocycles. The minimum absolute atomic E-state index is 0.247. The van der Waals surface area contributed by atoms with Crippen molar-refractivity contribution in [2.75, 3.05) is 18.6 Å². The van der Waals surface area contributed by atoms with Crippen LogP contribution in [0.5, 0.6) is 5.75 Å². The Morgan fingerprint density at radius 3 is 2.68 bits per heavy atom. The van der Waals surface area contributed by atoms with Gasteiger partial charge in [-0.15, -0.1) is 4.91 Å². The molecule has 1 aliphatic rings. The number of aromatic nitrogens is 2. The highest BCUT2D eigenvalue weighted by atomic mass is 32.1. The van der Waals surface area contributed by atoms with Gasteiger partial charge >= 0.3 is 5.91 Å². The molecule has 8 nitrogen and oxygen atoms in total. The fourth-order valence-electron chi connectivity index (χ4n) is 4.91. The van der Waals surface area contributed by atoms with Crippen LogP contribution in [0.15, 0.2) is 35.6 Å². The molecule has 38 heavy (non-hydrogen) atoms. The van der Waals surface area contributed by atoms with E-state index in [0.29, 0.717) is 12.2 Å². The topological polar surface area (TPSA) is 94.0 Å². The number of nitrogens with zero attached hydrogens (tertiary/aromatic N) is 4. The first-order valence-electron chi connectivity index (χ1n) is 12.8. The predicted octanol–water partition coefficient (Wildman–Crippen LogP) is 6.75. The Kier molecular flexibility index (Phi) is 6.69. The van der Waals surface area contributed by atoms with Crippen molar-refractivity contribution in [3.63, 3.8) is 0 Å². The van der Waals surface area contributed by atoms with Gasteiger partial charge in [0.05, 0.1) is 27.9 Å². The molecule has 2 aromatic carbocycles. The van der Waals surface area contributed by atoms with Crippen LogP contribution in [0.25, 0.3) is 32.2 Å². The molecule has 0 saturated carbocycles. The van der Waals surface area contributed by atoms with E-state index in [1.54, 1.807) is 11.3 Å². The van der Waals surface area contributed by atoms with E-state index in [2.05, 4.69) is 23.9 Å². The second kappa shape index (κ2) is 9.71. The quantitative estimate of drug-likeness (QED) is 0.254. The summed E-state index contributed by atoms with van der Waals surface area (Å²) < 4.78 is 13.1. The molecule has 0 bridgehead atoms. The number of aryl methyl sites for hydroxylation is 1. The first-order valence-corrected chi connectivity index (χ1v) is 13.6. The summed E-state index contributed by atoms with van der Waals surface area (Å²) >= 11 is 1.55. The Hall–Kier alpha value is -3.43.